The van der Waals surface area contributed by atoms with E-state index in [0.29, 0.717) is 12.5 Å². The molecule has 37 heavy (non-hydrogen) atoms. The summed E-state index contributed by atoms with van der Waals surface area (Å²) >= 11 is 0. The molecule has 0 N–H and O–H groups in total. The fourth-order valence-corrected chi connectivity index (χ4v) is 5.50. The van der Waals surface area contributed by atoms with Gasteiger partial charge in [-0.3, -0.25) is 0 Å². The molecule has 0 unspecified atom stereocenters. The van der Waals surface area contributed by atoms with E-state index >= 15 is 0 Å². The molecule has 7 nitrogen and oxygen atoms in total. The molecule has 0 amide bonds. The first kappa shape index (κ1) is 25.1. The molecule has 0 radical (unpaired) electrons. The van der Waals surface area contributed by atoms with Crippen molar-refractivity contribution < 1.29 is 14.2 Å². The number of nitrogens with zero attached hydrogens (tertiary/aromatic N) is 4. The van der Waals surface area contributed by atoms with Crippen LogP contribution in [0.3, 0.4) is 0 Å². The van der Waals surface area contributed by atoms with E-state index in [1.165, 1.54) is 0 Å². The summed E-state index contributed by atoms with van der Waals surface area (Å²) in [6.45, 7) is 10.0. The lowest BCUT2D eigenvalue weighted by molar-refractivity contribution is -0.162. The van der Waals surface area contributed by atoms with E-state index in [1.54, 1.807) is 19.6 Å². The summed E-state index contributed by atoms with van der Waals surface area (Å²) in [4.78, 5) is 4.07. The Hall–Kier alpha value is -3.58. The van der Waals surface area contributed by atoms with Gasteiger partial charge < -0.3 is 18.8 Å². The lowest BCUT2D eigenvalue weighted by Crippen LogP contribution is -2.44. The van der Waals surface area contributed by atoms with Crippen LogP contribution in [0.5, 0.6) is 11.5 Å². The molecule has 5 rings (SSSR count). The van der Waals surface area contributed by atoms with Gasteiger partial charge in [0.05, 0.1) is 42.6 Å². The second-order valence-electron chi connectivity index (χ2n) is 10.9. The third kappa shape index (κ3) is 5.72. The van der Waals surface area contributed by atoms with Crippen molar-refractivity contribution in [3.63, 3.8) is 0 Å². The lowest BCUT2D eigenvalue weighted by atomic mass is 9.79. The number of ether oxygens (including phenoxy) is 3. The Morgan fingerprint density at radius 1 is 1.00 bits per heavy atom. The van der Waals surface area contributed by atoms with E-state index in [4.69, 9.17) is 19.3 Å². The molecule has 0 bridgehead atoms. The molecule has 1 aliphatic rings. The fourth-order valence-electron chi connectivity index (χ4n) is 5.50. The number of hydrogen-bond acceptors (Lipinski definition) is 5. The van der Waals surface area contributed by atoms with Gasteiger partial charge in [-0.15, -0.1) is 0 Å². The predicted octanol–water partition coefficient (Wildman–Crippen LogP) is 6.27. The lowest BCUT2D eigenvalue weighted by Gasteiger charge is -2.45. The van der Waals surface area contributed by atoms with E-state index in [2.05, 4.69) is 50.9 Å². The summed E-state index contributed by atoms with van der Waals surface area (Å²) in [5.74, 6) is 1.91. The van der Waals surface area contributed by atoms with Crippen LogP contribution in [-0.2, 0) is 11.3 Å². The molecule has 194 valence electrons. The van der Waals surface area contributed by atoms with Crippen LogP contribution in [0, 0.1) is 0 Å². The van der Waals surface area contributed by atoms with Crippen LogP contribution in [0.4, 0.5) is 0 Å². The van der Waals surface area contributed by atoms with Crippen molar-refractivity contribution in [1.82, 2.24) is 19.3 Å². The molecule has 3 heterocycles. The van der Waals surface area contributed by atoms with Gasteiger partial charge in [-0.1, -0.05) is 12.1 Å². The highest BCUT2D eigenvalue weighted by Crippen LogP contribution is 2.44. The van der Waals surface area contributed by atoms with E-state index in [-0.39, 0.29) is 11.2 Å². The molecule has 7 heteroatoms. The zero-order valence-electron chi connectivity index (χ0n) is 22.3. The quantitative estimate of drug-likeness (QED) is 0.285. The maximum Gasteiger partial charge on any atom is 0.144 e. The number of aromatic nitrogens is 4. The third-order valence-corrected chi connectivity index (χ3v) is 6.82. The minimum Gasteiger partial charge on any atom is -0.494 e. The van der Waals surface area contributed by atoms with Crippen LogP contribution in [0.25, 0.3) is 16.9 Å². The molecule has 2 aromatic heterocycles. The molecule has 0 spiro atoms. The molecule has 1 fully saturated rings. The zero-order chi connectivity index (χ0) is 26.0. The first-order valence-electron chi connectivity index (χ1n) is 12.9. The van der Waals surface area contributed by atoms with Gasteiger partial charge in [0.1, 0.15) is 23.8 Å². The molecular formula is C30H36N4O3. The smallest absolute Gasteiger partial charge is 0.144 e. The summed E-state index contributed by atoms with van der Waals surface area (Å²) < 4.78 is 22.0. The van der Waals surface area contributed by atoms with Crippen molar-refractivity contribution in [1.29, 1.82) is 0 Å². The van der Waals surface area contributed by atoms with E-state index < -0.39 is 0 Å². The Balaban J connectivity index is 1.47. The monoisotopic (exact) mass is 500 g/mol. The Bertz CT molecular complexity index is 1310. The van der Waals surface area contributed by atoms with Gasteiger partial charge in [0.25, 0.3) is 0 Å². The zero-order valence-corrected chi connectivity index (χ0v) is 22.3. The molecular weight excluding hydrogens is 464 g/mol. The molecule has 2 aromatic carbocycles. The number of imidazole rings is 1. The summed E-state index contributed by atoms with van der Waals surface area (Å²) in [6.07, 6.45) is 7.34. The van der Waals surface area contributed by atoms with Gasteiger partial charge in [-0.2, -0.15) is 5.10 Å². The topological polar surface area (TPSA) is 63.3 Å². The number of para-hydroxylation sites is 2. The second kappa shape index (κ2) is 10.1. The van der Waals surface area contributed by atoms with Crippen molar-refractivity contribution in [2.45, 2.75) is 64.2 Å². The normalized spacial score (nSPS) is 17.0. The third-order valence-electron chi connectivity index (χ3n) is 6.82. The van der Waals surface area contributed by atoms with Crippen LogP contribution < -0.4 is 9.47 Å². The maximum atomic E-state index is 6.35. The van der Waals surface area contributed by atoms with Crippen molar-refractivity contribution in [3.8, 4) is 28.4 Å². The van der Waals surface area contributed by atoms with Crippen LogP contribution in [0.1, 0.15) is 52.1 Å². The van der Waals surface area contributed by atoms with Gasteiger partial charge in [0, 0.05) is 23.9 Å². The first-order chi connectivity index (χ1) is 17.7. The predicted molar refractivity (Wildman–Crippen MR) is 144 cm³/mol. The molecule has 1 aliphatic heterocycles. The molecule has 1 saturated heterocycles. The van der Waals surface area contributed by atoms with Gasteiger partial charge in [0.15, 0.2) is 0 Å². The molecule has 4 aromatic rings. The van der Waals surface area contributed by atoms with Crippen molar-refractivity contribution in [2.24, 2.45) is 0 Å². The average Bonchev–Trinajstić information content (AvgIpc) is 3.53. The standard InChI is InChI=1S/C30H36N4O3/c1-29(2)19-23(20-30(3,4)37-29)25-18-27(34(32-25)26-8-6-7-9-28(26)35-5)22-10-12-24(13-11-22)36-17-16-33-15-14-31-21-33/h6-15,18,21,23H,16-17,19-20H2,1-5H3. The highest BCUT2D eigenvalue weighted by atomic mass is 16.5. The Kier molecular flexibility index (Phi) is 6.82. The summed E-state index contributed by atoms with van der Waals surface area (Å²) in [6, 6.07) is 18.5. The van der Waals surface area contributed by atoms with Gasteiger partial charge in [-0.05, 0) is 83.0 Å². The number of benzene rings is 2. The minimum absolute atomic E-state index is 0.212. The van der Waals surface area contributed by atoms with Gasteiger partial charge in [-0.25, -0.2) is 9.67 Å². The van der Waals surface area contributed by atoms with Gasteiger partial charge in [0.2, 0.25) is 0 Å². The molecule has 0 aliphatic carbocycles. The van der Waals surface area contributed by atoms with Crippen LogP contribution in [-0.4, -0.2) is 44.3 Å². The molecule has 0 saturated carbocycles. The van der Waals surface area contributed by atoms with Crippen molar-refractivity contribution >= 4 is 0 Å². The number of rotatable bonds is 8. The second-order valence-corrected chi connectivity index (χ2v) is 10.9. The van der Waals surface area contributed by atoms with E-state index in [9.17, 15) is 0 Å². The fraction of sp³-hybridized carbons (Fsp3) is 0.400. The van der Waals surface area contributed by atoms with Crippen LogP contribution in [0.2, 0.25) is 0 Å². The number of methoxy groups -OCH3 is 1. The molecule has 0 atom stereocenters. The summed E-state index contributed by atoms with van der Waals surface area (Å²) in [5, 5.41) is 5.16. The average molecular weight is 501 g/mol. The summed E-state index contributed by atoms with van der Waals surface area (Å²) in [7, 11) is 1.70. The van der Waals surface area contributed by atoms with Gasteiger partial charge >= 0.3 is 0 Å². The Morgan fingerprint density at radius 2 is 1.73 bits per heavy atom. The highest BCUT2D eigenvalue weighted by Gasteiger charge is 2.41. The number of hydrogen-bond donors (Lipinski definition) is 0. The Labute approximate surface area is 219 Å². The first-order valence-corrected chi connectivity index (χ1v) is 12.9. The highest BCUT2D eigenvalue weighted by molar-refractivity contribution is 5.65. The van der Waals surface area contributed by atoms with Crippen molar-refractivity contribution in [2.75, 3.05) is 13.7 Å². The van der Waals surface area contributed by atoms with E-state index in [1.807, 2.05) is 51.8 Å². The maximum absolute atomic E-state index is 6.35. The minimum atomic E-state index is -0.212. The summed E-state index contributed by atoms with van der Waals surface area (Å²) in [5.41, 5.74) is 3.65. The van der Waals surface area contributed by atoms with Crippen LogP contribution in [0.15, 0.2) is 73.3 Å². The Morgan fingerprint density at radius 3 is 2.41 bits per heavy atom. The van der Waals surface area contributed by atoms with Crippen molar-refractivity contribution in [3.05, 3.63) is 79.0 Å². The van der Waals surface area contributed by atoms with Crippen LogP contribution >= 0.6 is 0 Å². The SMILES string of the molecule is COc1ccccc1-n1nc(C2CC(C)(C)OC(C)(C)C2)cc1-c1ccc(OCCn2ccnc2)cc1. The van der Waals surface area contributed by atoms with E-state index in [0.717, 1.165) is 53.5 Å². The largest absolute Gasteiger partial charge is 0.494 e.